The van der Waals surface area contributed by atoms with Crippen molar-refractivity contribution in [2.75, 3.05) is 11.9 Å². The Kier molecular flexibility index (Phi) is 9.41. The molecule has 0 aromatic heterocycles. The molecule has 1 atom stereocenters. The summed E-state index contributed by atoms with van der Waals surface area (Å²) < 4.78 is 19.1. The number of carbonyl (C=O) groups excluding carboxylic acids is 2. The van der Waals surface area contributed by atoms with Crippen LogP contribution in [0.4, 0.5) is 10.1 Å². The number of rotatable bonds is 8. The number of anilines is 1. The van der Waals surface area contributed by atoms with Crippen LogP contribution < -0.4 is 21.1 Å². The lowest BCUT2D eigenvalue weighted by atomic mass is 10.1. The van der Waals surface area contributed by atoms with Gasteiger partial charge in [0.25, 0.3) is 0 Å². The number of carbonyl (C=O) groups is 2. The van der Waals surface area contributed by atoms with E-state index in [4.69, 9.17) is 10.5 Å². The first-order valence-electron chi connectivity index (χ1n) is 8.66. The molecule has 0 aliphatic rings. The van der Waals surface area contributed by atoms with E-state index in [0.29, 0.717) is 17.0 Å². The van der Waals surface area contributed by atoms with Crippen LogP contribution in [0.25, 0.3) is 0 Å². The molecule has 0 aliphatic carbocycles. The summed E-state index contributed by atoms with van der Waals surface area (Å²) in [6, 6.07) is 12.4. The number of nitrogens with one attached hydrogen (secondary N) is 2. The molecule has 0 bridgehead atoms. The maximum Gasteiger partial charge on any atom is 0.243 e. The molecule has 0 heterocycles. The first-order chi connectivity index (χ1) is 12.9. The molecule has 0 saturated heterocycles. The minimum absolute atomic E-state index is 0. The molecule has 2 aromatic rings. The van der Waals surface area contributed by atoms with Crippen molar-refractivity contribution in [3.8, 4) is 5.75 Å². The normalized spacial score (nSPS) is 11.3. The van der Waals surface area contributed by atoms with Gasteiger partial charge in [0, 0.05) is 11.3 Å². The van der Waals surface area contributed by atoms with E-state index in [1.807, 2.05) is 13.8 Å². The highest BCUT2D eigenvalue weighted by Crippen LogP contribution is 2.17. The Hall–Kier alpha value is -2.64. The summed E-state index contributed by atoms with van der Waals surface area (Å²) in [7, 11) is 0. The molecule has 0 saturated carbocycles. The molecule has 152 valence electrons. The lowest BCUT2D eigenvalue weighted by Crippen LogP contribution is -2.46. The predicted octanol–water partition coefficient (Wildman–Crippen LogP) is 2.86. The highest BCUT2D eigenvalue weighted by Gasteiger charge is 2.17. The number of nitrogens with two attached hydrogens (primary N) is 1. The second-order valence-corrected chi connectivity index (χ2v) is 6.44. The monoisotopic (exact) mass is 409 g/mol. The van der Waals surface area contributed by atoms with E-state index in [-0.39, 0.29) is 49.1 Å². The average molecular weight is 410 g/mol. The van der Waals surface area contributed by atoms with Crippen molar-refractivity contribution in [3.05, 3.63) is 59.9 Å². The van der Waals surface area contributed by atoms with Crippen molar-refractivity contribution >= 4 is 29.9 Å². The van der Waals surface area contributed by atoms with Crippen molar-refractivity contribution in [3.63, 3.8) is 0 Å². The standard InChI is InChI=1S/C20H24FN3O3.ClH/c1-13(2)19(22)20(26)23-11-18(25)24-15-7-9-16(10-8-15)27-12-14-5-3-4-6-17(14)21;/h3-10,13,19H,11-12,22H2,1-2H3,(H,23,26)(H,24,25);1H/t19-;/m0./s1. The quantitative estimate of drug-likeness (QED) is 0.625. The number of hydrogen-bond acceptors (Lipinski definition) is 4. The van der Waals surface area contributed by atoms with Crippen molar-refractivity contribution in [1.82, 2.24) is 5.32 Å². The van der Waals surface area contributed by atoms with Crippen LogP contribution in [0.1, 0.15) is 19.4 Å². The molecule has 0 fully saturated rings. The Labute approximate surface area is 170 Å². The number of hydrogen-bond donors (Lipinski definition) is 3. The van der Waals surface area contributed by atoms with Gasteiger partial charge in [0.15, 0.2) is 0 Å². The predicted molar refractivity (Wildman–Crippen MR) is 109 cm³/mol. The molecule has 2 amide bonds. The highest BCUT2D eigenvalue weighted by molar-refractivity contribution is 5.95. The lowest BCUT2D eigenvalue weighted by Gasteiger charge is -2.15. The fraction of sp³-hybridized carbons (Fsp3) is 0.300. The van der Waals surface area contributed by atoms with E-state index in [0.717, 1.165) is 0 Å². The Morgan fingerprint density at radius 1 is 1.11 bits per heavy atom. The zero-order valence-corrected chi connectivity index (χ0v) is 16.6. The van der Waals surface area contributed by atoms with Gasteiger partial charge in [0.2, 0.25) is 11.8 Å². The van der Waals surface area contributed by atoms with Gasteiger partial charge in [-0.2, -0.15) is 0 Å². The third-order valence-electron chi connectivity index (χ3n) is 3.93. The molecule has 4 N–H and O–H groups in total. The molecule has 0 radical (unpaired) electrons. The summed E-state index contributed by atoms with van der Waals surface area (Å²) in [6.07, 6.45) is 0. The van der Waals surface area contributed by atoms with Crippen LogP contribution in [0.15, 0.2) is 48.5 Å². The third kappa shape index (κ3) is 7.17. The van der Waals surface area contributed by atoms with Crippen molar-refractivity contribution in [2.45, 2.75) is 26.5 Å². The lowest BCUT2D eigenvalue weighted by molar-refractivity contribution is -0.125. The van der Waals surface area contributed by atoms with Gasteiger partial charge in [0.05, 0.1) is 12.6 Å². The molecule has 28 heavy (non-hydrogen) atoms. The van der Waals surface area contributed by atoms with E-state index >= 15 is 0 Å². The fourth-order valence-corrected chi connectivity index (χ4v) is 2.20. The summed E-state index contributed by atoms with van der Waals surface area (Å²) in [5, 5.41) is 5.17. The van der Waals surface area contributed by atoms with Crippen LogP contribution in [0, 0.1) is 11.7 Å². The minimum Gasteiger partial charge on any atom is -0.489 e. The topological polar surface area (TPSA) is 93.5 Å². The van der Waals surface area contributed by atoms with Gasteiger partial charge in [-0.05, 0) is 36.2 Å². The van der Waals surface area contributed by atoms with E-state index in [1.165, 1.54) is 6.07 Å². The van der Waals surface area contributed by atoms with Crippen LogP contribution in [0.5, 0.6) is 5.75 Å². The maximum absolute atomic E-state index is 13.6. The summed E-state index contributed by atoms with van der Waals surface area (Å²) in [6.45, 7) is 3.62. The molecule has 8 heteroatoms. The number of halogens is 2. The van der Waals surface area contributed by atoms with Gasteiger partial charge >= 0.3 is 0 Å². The molecule has 2 aromatic carbocycles. The Balaban J connectivity index is 0.00000392. The molecule has 0 unspecified atom stereocenters. The Morgan fingerprint density at radius 2 is 1.75 bits per heavy atom. The zero-order valence-electron chi connectivity index (χ0n) is 15.8. The van der Waals surface area contributed by atoms with Gasteiger partial charge in [-0.1, -0.05) is 32.0 Å². The fourth-order valence-electron chi connectivity index (χ4n) is 2.20. The maximum atomic E-state index is 13.6. The number of benzene rings is 2. The minimum atomic E-state index is -0.649. The third-order valence-corrected chi connectivity index (χ3v) is 3.93. The summed E-state index contributed by atoms with van der Waals surface area (Å²) in [5.41, 5.74) is 6.73. The largest absolute Gasteiger partial charge is 0.489 e. The van der Waals surface area contributed by atoms with Crippen LogP contribution in [0.3, 0.4) is 0 Å². The van der Waals surface area contributed by atoms with Crippen LogP contribution in [-0.4, -0.2) is 24.4 Å². The highest BCUT2D eigenvalue weighted by atomic mass is 35.5. The van der Waals surface area contributed by atoms with Gasteiger partial charge in [0.1, 0.15) is 18.2 Å². The van der Waals surface area contributed by atoms with E-state index in [9.17, 15) is 14.0 Å². The first kappa shape index (κ1) is 23.4. The molecule has 2 rings (SSSR count). The van der Waals surface area contributed by atoms with Crippen molar-refractivity contribution < 1.29 is 18.7 Å². The number of amides is 2. The first-order valence-corrected chi connectivity index (χ1v) is 8.66. The smallest absolute Gasteiger partial charge is 0.243 e. The molecular formula is C20H25ClFN3O3. The van der Waals surface area contributed by atoms with Gasteiger partial charge < -0.3 is 21.1 Å². The van der Waals surface area contributed by atoms with E-state index < -0.39 is 6.04 Å². The molecule has 0 aliphatic heterocycles. The SMILES string of the molecule is CC(C)[C@H](N)C(=O)NCC(=O)Nc1ccc(OCc2ccccc2F)cc1.Cl. The zero-order chi connectivity index (χ0) is 19.8. The molecule has 6 nitrogen and oxygen atoms in total. The van der Waals surface area contributed by atoms with Gasteiger partial charge in [-0.3, -0.25) is 9.59 Å². The van der Waals surface area contributed by atoms with Gasteiger partial charge in [-0.15, -0.1) is 12.4 Å². The second-order valence-electron chi connectivity index (χ2n) is 6.44. The van der Waals surface area contributed by atoms with Crippen LogP contribution in [-0.2, 0) is 16.2 Å². The van der Waals surface area contributed by atoms with Crippen molar-refractivity contribution in [1.29, 1.82) is 0 Å². The Bertz CT molecular complexity index is 785. The molecular weight excluding hydrogens is 385 g/mol. The van der Waals surface area contributed by atoms with Crippen molar-refractivity contribution in [2.24, 2.45) is 11.7 Å². The van der Waals surface area contributed by atoms with Crippen LogP contribution in [0.2, 0.25) is 0 Å². The van der Waals surface area contributed by atoms with E-state index in [1.54, 1.807) is 42.5 Å². The van der Waals surface area contributed by atoms with Crippen LogP contribution >= 0.6 is 12.4 Å². The summed E-state index contributed by atoms with van der Waals surface area (Å²) >= 11 is 0. The summed E-state index contributed by atoms with van der Waals surface area (Å²) in [5.74, 6) is -0.505. The van der Waals surface area contributed by atoms with Gasteiger partial charge in [-0.25, -0.2) is 4.39 Å². The summed E-state index contributed by atoms with van der Waals surface area (Å²) in [4.78, 5) is 23.6. The Morgan fingerprint density at radius 3 is 2.36 bits per heavy atom. The number of ether oxygens (including phenoxy) is 1. The molecule has 0 spiro atoms. The average Bonchev–Trinajstić information content (AvgIpc) is 2.66. The van der Waals surface area contributed by atoms with E-state index in [2.05, 4.69) is 10.6 Å². The second kappa shape index (κ2) is 11.3.